The van der Waals surface area contributed by atoms with Crippen molar-refractivity contribution in [2.24, 2.45) is 5.92 Å². The van der Waals surface area contributed by atoms with Crippen LogP contribution in [0.3, 0.4) is 0 Å². The van der Waals surface area contributed by atoms with E-state index in [-0.39, 0.29) is 22.5 Å². The van der Waals surface area contributed by atoms with Gasteiger partial charge in [0.15, 0.2) is 0 Å². The van der Waals surface area contributed by atoms with Gasteiger partial charge in [-0.05, 0) is 75.5 Å². The standard InChI is InChI=1S/C23H29F2N3O4S/c1-16-5-11-21(12-6-16)33(30,31)26-14-18-4-3-13-28(15-18)17(2)22(29)27-19-7-9-20(10-8-19)32-23(24)25/h5-12,17-18,23,26H,3-4,13-15H2,1-2H3,(H,27,29). The van der Waals surface area contributed by atoms with E-state index in [0.717, 1.165) is 24.9 Å². The largest absolute Gasteiger partial charge is 0.435 e. The van der Waals surface area contributed by atoms with E-state index >= 15 is 0 Å². The van der Waals surface area contributed by atoms with E-state index in [0.29, 0.717) is 18.8 Å². The highest BCUT2D eigenvalue weighted by Crippen LogP contribution is 2.21. The molecule has 3 rings (SSSR count). The fourth-order valence-corrected chi connectivity index (χ4v) is 4.89. The van der Waals surface area contributed by atoms with Gasteiger partial charge in [-0.25, -0.2) is 13.1 Å². The Kier molecular flexibility index (Phi) is 8.39. The lowest BCUT2D eigenvalue weighted by molar-refractivity contribution is -0.121. The number of anilines is 1. The highest BCUT2D eigenvalue weighted by molar-refractivity contribution is 7.89. The molecular weight excluding hydrogens is 452 g/mol. The number of rotatable bonds is 9. The van der Waals surface area contributed by atoms with Gasteiger partial charge in [0.05, 0.1) is 10.9 Å². The van der Waals surface area contributed by atoms with Gasteiger partial charge in [-0.1, -0.05) is 17.7 Å². The number of amides is 1. The summed E-state index contributed by atoms with van der Waals surface area (Å²) in [6.07, 6.45) is 1.72. The molecule has 0 saturated carbocycles. The average molecular weight is 482 g/mol. The molecular formula is C23H29F2N3O4S. The molecule has 2 atom stereocenters. The fourth-order valence-electron chi connectivity index (χ4n) is 3.78. The lowest BCUT2D eigenvalue weighted by atomic mass is 9.97. The predicted octanol–water partition coefficient (Wildman–Crippen LogP) is 3.61. The van der Waals surface area contributed by atoms with Crippen molar-refractivity contribution in [3.63, 3.8) is 0 Å². The van der Waals surface area contributed by atoms with E-state index in [4.69, 9.17) is 0 Å². The van der Waals surface area contributed by atoms with E-state index in [1.807, 2.05) is 11.8 Å². The Labute approximate surface area is 193 Å². The first-order chi connectivity index (χ1) is 15.6. The van der Waals surface area contributed by atoms with Gasteiger partial charge < -0.3 is 10.1 Å². The number of likely N-dealkylation sites (tertiary alicyclic amines) is 1. The van der Waals surface area contributed by atoms with Crippen molar-refractivity contribution in [1.82, 2.24) is 9.62 Å². The van der Waals surface area contributed by atoms with Crippen molar-refractivity contribution in [3.05, 3.63) is 54.1 Å². The average Bonchev–Trinajstić information content (AvgIpc) is 2.79. The third kappa shape index (κ3) is 7.21. The first-order valence-corrected chi connectivity index (χ1v) is 12.3. The summed E-state index contributed by atoms with van der Waals surface area (Å²) in [5.41, 5.74) is 1.47. The topological polar surface area (TPSA) is 87.7 Å². The first kappa shape index (κ1) is 25.1. The molecule has 2 unspecified atom stereocenters. The molecule has 0 radical (unpaired) electrons. The van der Waals surface area contributed by atoms with E-state index in [1.54, 1.807) is 31.2 Å². The number of ether oxygens (including phenoxy) is 1. The zero-order valence-corrected chi connectivity index (χ0v) is 19.4. The molecule has 1 saturated heterocycles. The molecule has 0 aromatic heterocycles. The monoisotopic (exact) mass is 481 g/mol. The summed E-state index contributed by atoms with van der Waals surface area (Å²) < 4.78 is 56.6. The number of alkyl halides is 2. The van der Waals surface area contributed by atoms with Crippen LogP contribution in [0.2, 0.25) is 0 Å². The molecule has 1 heterocycles. The number of piperidine rings is 1. The molecule has 2 aromatic rings. The maximum absolute atomic E-state index is 12.7. The van der Waals surface area contributed by atoms with Gasteiger partial charge in [-0.3, -0.25) is 9.69 Å². The summed E-state index contributed by atoms with van der Waals surface area (Å²) in [4.78, 5) is 15.0. The third-order valence-corrected chi connectivity index (χ3v) is 7.16. The zero-order valence-electron chi connectivity index (χ0n) is 18.6. The number of carbonyl (C=O) groups excluding carboxylic acids is 1. The summed E-state index contributed by atoms with van der Waals surface area (Å²) in [5.74, 6) is -0.124. The SMILES string of the molecule is Cc1ccc(S(=O)(=O)NCC2CCCN(C(C)C(=O)Nc3ccc(OC(F)F)cc3)C2)cc1. The number of halogens is 2. The van der Waals surface area contributed by atoms with Crippen molar-refractivity contribution in [1.29, 1.82) is 0 Å². The number of hydrogen-bond donors (Lipinski definition) is 2. The van der Waals surface area contributed by atoms with Crippen LogP contribution < -0.4 is 14.8 Å². The molecule has 1 aliphatic heterocycles. The molecule has 180 valence electrons. The van der Waals surface area contributed by atoms with Crippen molar-refractivity contribution >= 4 is 21.6 Å². The molecule has 1 amide bonds. The lowest BCUT2D eigenvalue weighted by Crippen LogP contribution is -2.48. The summed E-state index contributed by atoms with van der Waals surface area (Å²) in [6.45, 7) is 2.41. The van der Waals surface area contributed by atoms with Crippen LogP contribution in [-0.4, -0.2) is 51.5 Å². The number of nitrogens with zero attached hydrogens (tertiary/aromatic N) is 1. The van der Waals surface area contributed by atoms with Gasteiger partial charge in [0.25, 0.3) is 0 Å². The summed E-state index contributed by atoms with van der Waals surface area (Å²) in [6, 6.07) is 12.0. The van der Waals surface area contributed by atoms with Gasteiger partial charge in [0.2, 0.25) is 15.9 Å². The second kappa shape index (κ2) is 11.0. The van der Waals surface area contributed by atoms with Crippen molar-refractivity contribution < 1.29 is 26.7 Å². The smallest absolute Gasteiger partial charge is 0.387 e. The quantitative estimate of drug-likeness (QED) is 0.571. The Morgan fingerprint density at radius 1 is 1.15 bits per heavy atom. The molecule has 1 aliphatic rings. The second-order valence-electron chi connectivity index (χ2n) is 8.24. The van der Waals surface area contributed by atoms with Crippen LogP contribution >= 0.6 is 0 Å². The summed E-state index contributed by atoms with van der Waals surface area (Å²) >= 11 is 0. The Bertz CT molecular complexity index is 1030. The summed E-state index contributed by atoms with van der Waals surface area (Å²) in [5, 5.41) is 2.78. The van der Waals surface area contributed by atoms with Gasteiger partial charge in [-0.2, -0.15) is 8.78 Å². The van der Waals surface area contributed by atoms with E-state index < -0.39 is 22.7 Å². The minimum Gasteiger partial charge on any atom is -0.435 e. The van der Waals surface area contributed by atoms with Crippen LogP contribution in [0.1, 0.15) is 25.3 Å². The van der Waals surface area contributed by atoms with E-state index in [1.165, 1.54) is 24.3 Å². The molecule has 0 aliphatic carbocycles. The Balaban J connectivity index is 1.52. The number of nitrogens with one attached hydrogen (secondary N) is 2. The van der Waals surface area contributed by atoms with E-state index in [9.17, 15) is 22.0 Å². The van der Waals surface area contributed by atoms with Crippen molar-refractivity contribution in [2.75, 3.05) is 25.0 Å². The summed E-state index contributed by atoms with van der Waals surface area (Å²) in [7, 11) is -3.59. The molecule has 2 N–H and O–H groups in total. The van der Waals surface area contributed by atoms with E-state index in [2.05, 4.69) is 14.8 Å². The number of carbonyl (C=O) groups is 1. The fraction of sp³-hybridized carbons (Fsp3) is 0.435. The molecule has 33 heavy (non-hydrogen) atoms. The number of hydrogen-bond acceptors (Lipinski definition) is 5. The molecule has 0 spiro atoms. The Hall–Kier alpha value is -2.56. The normalized spacial score (nSPS) is 18.2. The van der Waals surface area contributed by atoms with Crippen LogP contribution in [0.25, 0.3) is 0 Å². The maximum Gasteiger partial charge on any atom is 0.387 e. The van der Waals surface area contributed by atoms with Crippen LogP contribution in [-0.2, 0) is 14.8 Å². The van der Waals surface area contributed by atoms with Gasteiger partial charge in [0, 0.05) is 18.8 Å². The Morgan fingerprint density at radius 2 is 1.82 bits per heavy atom. The molecule has 0 bridgehead atoms. The molecule has 10 heteroatoms. The molecule has 2 aromatic carbocycles. The molecule has 7 nitrogen and oxygen atoms in total. The molecule has 1 fully saturated rings. The number of benzene rings is 2. The van der Waals surface area contributed by atoms with Gasteiger partial charge in [-0.15, -0.1) is 0 Å². The van der Waals surface area contributed by atoms with Crippen LogP contribution in [0.4, 0.5) is 14.5 Å². The van der Waals surface area contributed by atoms with Gasteiger partial charge in [0.1, 0.15) is 5.75 Å². The predicted molar refractivity (Wildman–Crippen MR) is 122 cm³/mol. The highest BCUT2D eigenvalue weighted by Gasteiger charge is 2.28. The Morgan fingerprint density at radius 3 is 2.45 bits per heavy atom. The minimum absolute atomic E-state index is 0.0167. The van der Waals surface area contributed by atoms with Crippen molar-refractivity contribution in [3.8, 4) is 5.75 Å². The van der Waals surface area contributed by atoms with Crippen LogP contribution in [0.5, 0.6) is 5.75 Å². The third-order valence-electron chi connectivity index (χ3n) is 5.72. The van der Waals surface area contributed by atoms with Crippen LogP contribution in [0, 0.1) is 12.8 Å². The highest BCUT2D eigenvalue weighted by atomic mass is 32.2. The second-order valence-corrected chi connectivity index (χ2v) is 10.0. The minimum atomic E-state index is -3.59. The zero-order chi connectivity index (χ0) is 24.0. The van der Waals surface area contributed by atoms with Crippen molar-refractivity contribution in [2.45, 2.75) is 44.2 Å². The lowest BCUT2D eigenvalue weighted by Gasteiger charge is -2.36. The van der Waals surface area contributed by atoms with Crippen LogP contribution in [0.15, 0.2) is 53.4 Å². The first-order valence-electron chi connectivity index (χ1n) is 10.8. The number of aryl methyl sites for hydroxylation is 1. The number of sulfonamides is 1. The maximum atomic E-state index is 12.7. The van der Waals surface area contributed by atoms with Gasteiger partial charge >= 0.3 is 6.61 Å².